The highest BCUT2D eigenvalue weighted by atomic mass is 16.5. The lowest BCUT2D eigenvalue weighted by Gasteiger charge is -2.28. The van der Waals surface area contributed by atoms with Gasteiger partial charge in [0.25, 0.3) is 0 Å². The number of allylic oxidation sites excluding steroid dienone is 4. The van der Waals surface area contributed by atoms with Crippen LogP contribution in [0.2, 0.25) is 0 Å². The molecular formula is C13H18N2O2. The summed E-state index contributed by atoms with van der Waals surface area (Å²) >= 11 is 0. The number of rotatable bonds is 3. The molecule has 0 aliphatic carbocycles. The van der Waals surface area contributed by atoms with Gasteiger partial charge in [0, 0.05) is 6.20 Å². The van der Waals surface area contributed by atoms with Crippen molar-refractivity contribution in [3.05, 3.63) is 48.4 Å². The van der Waals surface area contributed by atoms with E-state index in [-0.39, 0.29) is 5.97 Å². The fourth-order valence-electron chi connectivity index (χ4n) is 1.53. The van der Waals surface area contributed by atoms with E-state index in [4.69, 9.17) is 10.6 Å². The molecule has 4 heteroatoms. The lowest BCUT2D eigenvalue weighted by atomic mass is 9.83. The number of carbonyl (C=O) groups excluding carboxylic acids is 1. The first-order valence-electron chi connectivity index (χ1n) is 5.29. The van der Waals surface area contributed by atoms with Crippen molar-refractivity contribution in [1.82, 2.24) is 5.01 Å². The highest BCUT2D eigenvalue weighted by Crippen LogP contribution is 2.31. The van der Waals surface area contributed by atoms with Crippen molar-refractivity contribution >= 4 is 5.97 Å². The van der Waals surface area contributed by atoms with Gasteiger partial charge in [-0.3, -0.25) is 9.80 Å². The van der Waals surface area contributed by atoms with E-state index in [9.17, 15) is 4.79 Å². The third kappa shape index (κ3) is 2.65. The van der Waals surface area contributed by atoms with Crippen LogP contribution in [0.3, 0.4) is 0 Å². The molecule has 0 aromatic carbocycles. The Morgan fingerprint density at radius 1 is 1.53 bits per heavy atom. The number of hydrazine groups is 1. The van der Waals surface area contributed by atoms with Crippen LogP contribution in [-0.4, -0.2) is 18.1 Å². The van der Waals surface area contributed by atoms with Crippen LogP contribution in [0.5, 0.6) is 0 Å². The quantitative estimate of drug-likeness (QED) is 0.598. The summed E-state index contributed by atoms with van der Waals surface area (Å²) in [6, 6.07) is 0. The number of nitrogens with zero attached hydrogens (tertiary/aromatic N) is 1. The SMILES string of the molecule is C=C/C=C1/C=CC(C(C)(C)C(=O)OC)=CN1N. The number of esters is 1. The summed E-state index contributed by atoms with van der Waals surface area (Å²) in [4.78, 5) is 11.7. The number of hydrogen-bond acceptors (Lipinski definition) is 4. The van der Waals surface area contributed by atoms with Crippen LogP contribution in [0.25, 0.3) is 0 Å². The highest BCUT2D eigenvalue weighted by molar-refractivity contribution is 5.80. The van der Waals surface area contributed by atoms with Gasteiger partial charge in [-0.05, 0) is 31.6 Å². The van der Waals surface area contributed by atoms with Crippen LogP contribution in [0.1, 0.15) is 13.8 Å². The Bertz CT molecular complexity index is 417. The second-order valence-corrected chi connectivity index (χ2v) is 4.27. The van der Waals surface area contributed by atoms with Gasteiger partial charge in [0.1, 0.15) is 0 Å². The van der Waals surface area contributed by atoms with Crippen molar-refractivity contribution in [2.75, 3.05) is 7.11 Å². The molecule has 0 aromatic rings. The minimum atomic E-state index is -0.720. The molecule has 0 saturated carbocycles. The Kier molecular flexibility index (Phi) is 3.91. The molecule has 0 bridgehead atoms. The first kappa shape index (κ1) is 13.3. The van der Waals surface area contributed by atoms with E-state index in [2.05, 4.69) is 6.58 Å². The molecule has 0 atom stereocenters. The molecule has 0 saturated heterocycles. The van der Waals surface area contributed by atoms with Gasteiger partial charge in [-0.2, -0.15) is 0 Å². The maximum Gasteiger partial charge on any atom is 0.315 e. The zero-order chi connectivity index (χ0) is 13.1. The molecule has 1 aliphatic rings. The van der Waals surface area contributed by atoms with Crippen LogP contribution in [0, 0.1) is 5.41 Å². The highest BCUT2D eigenvalue weighted by Gasteiger charge is 2.33. The summed E-state index contributed by atoms with van der Waals surface area (Å²) in [5.41, 5.74) is 0.889. The van der Waals surface area contributed by atoms with Gasteiger partial charge in [-0.1, -0.05) is 18.7 Å². The smallest absolute Gasteiger partial charge is 0.315 e. The van der Waals surface area contributed by atoms with Crippen LogP contribution >= 0.6 is 0 Å². The molecule has 0 spiro atoms. The third-order valence-corrected chi connectivity index (χ3v) is 2.72. The second kappa shape index (κ2) is 5.01. The Labute approximate surface area is 102 Å². The summed E-state index contributed by atoms with van der Waals surface area (Å²) in [6.07, 6.45) is 8.85. The summed E-state index contributed by atoms with van der Waals surface area (Å²) in [6.45, 7) is 7.20. The van der Waals surface area contributed by atoms with E-state index in [1.54, 1.807) is 32.2 Å². The fraction of sp³-hybridized carbons (Fsp3) is 0.308. The summed E-state index contributed by atoms with van der Waals surface area (Å²) in [5, 5.41) is 1.46. The van der Waals surface area contributed by atoms with E-state index >= 15 is 0 Å². The fourth-order valence-corrected chi connectivity index (χ4v) is 1.53. The number of carbonyl (C=O) groups is 1. The minimum Gasteiger partial charge on any atom is -0.468 e. The first-order chi connectivity index (χ1) is 7.93. The molecule has 0 amide bonds. The summed E-state index contributed by atoms with van der Waals surface area (Å²) in [5.74, 6) is 5.54. The average Bonchev–Trinajstić information content (AvgIpc) is 2.30. The Morgan fingerprint density at radius 2 is 2.18 bits per heavy atom. The lowest BCUT2D eigenvalue weighted by Crippen LogP contribution is -2.32. The molecule has 2 N–H and O–H groups in total. The normalized spacial score (nSPS) is 18.0. The van der Waals surface area contributed by atoms with Crippen molar-refractivity contribution in [3.63, 3.8) is 0 Å². The zero-order valence-electron chi connectivity index (χ0n) is 10.4. The second-order valence-electron chi connectivity index (χ2n) is 4.27. The first-order valence-corrected chi connectivity index (χ1v) is 5.29. The van der Waals surface area contributed by atoms with E-state index in [1.807, 2.05) is 12.2 Å². The Balaban J connectivity index is 3.01. The Hall–Kier alpha value is -1.81. The van der Waals surface area contributed by atoms with Gasteiger partial charge in [0.05, 0.1) is 18.2 Å². The maximum atomic E-state index is 11.7. The van der Waals surface area contributed by atoms with Gasteiger partial charge >= 0.3 is 5.97 Å². The summed E-state index contributed by atoms with van der Waals surface area (Å²) < 4.78 is 4.77. The topological polar surface area (TPSA) is 55.6 Å². The summed E-state index contributed by atoms with van der Waals surface area (Å²) in [7, 11) is 1.38. The van der Waals surface area contributed by atoms with Gasteiger partial charge < -0.3 is 4.74 Å². The molecule has 4 nitrogen and oxygen atoms in total. The molecule has 92 valence electrons. The van der Waals surface area contributed by atoms with Gasteiger partial charge in [0.15, 0.2) is 0 Å². The number of ether oxygens (including phenoxy) is 1. The standard InChI is InChI=1S/C13H18N2O2/c1-5-6-11-8-7-10(9-15(11)14)13(2,3)12(16)17-4/h5-9H,1,14H2,2-4H3/b11-6-. The van der Waals surface area contributed by atoms with Crippen LogP contribution in [-0.2, 0) is 9.53 Å². The molecular weight excluding hydrogens is 216 g/mol. The molecule has 0 fully saturated rings. The number of nitrogens with two attached hydrogens (primary N) is 1. The van der Waals surface area contributed by atoms with E-state index < -0.39 is 5.41 Å². The average molecular weight is 234 g/mol. The van der Waals surface area contributed by atoms with Crippen LogP contribution < -0.4 is 5.84 Å². The van der Waals surface area contributed by atoms with Crippen molar-refractivity contribution in [2.45, 2.75) is 13.8 Å². The minimum absolute atomic E-state index is 0.294. The van der Waals surface area contributed by atoms with Gasteiger partial charge in [-0.15, -0.1) is 0 Å². The monoisotopic (exact) mass is 234 g/mol. The lowest BCUT2D eigenvalue weighted by molar-refractivity contribution is -0.148. The van der Waals surface area contributed by atoms with Gasteiger partial charge in [0.2, 0.25) is 0 Å². The third-order valence-electron chi connectivity index (χ3n) is 2.72. The number of hydrogen-bond donors (Lipinski definition) is 1. The largest absolute Gasteiger partial charge is 0.468 e. The van der Waals surface area contributed by atoms with Crippen LogP contribution in [0.4, 0.5) is 0 Å². The number of methoxy groups -OCH3 is 1. The molecule has 0 aromatic heterocycles. The molecule has 17 heavy (non-hydrogen) atoms. The molecule has 0 radical (unpaired) electrons. The predicted octanol–water partition coefficient (Wildman–Crippen LogP) is 1.88. The van der Waals surface area contributed by atoms with Crippen molar-refractivity contribution < 1.29 is 9.53 Å². The van der Waals surface area contributed by atoms with E-state index in [0.717, 1.165) is 11.3 Å². The van der Waals surface area contributed by atoms with Crippen molar-refractivity contribution in [3.8, 4) is 0 Å². The zero-order valence-corrected chi connectivity index (χ0v) is 10.4. The van der Waals surface area contributed by atoms with Crippen LogP contribution in [0.15, 0.2) is 48.4 Å². The van der Waals surface area contributed by atoms with E-state index in [1.165, 1.54) is 12.1 Å². The molecule has 1 heterocycles. The predicted molar refractivity (Wildman–Crippen MR) is 67.3 cm³/mol. The Morgan fingerprint density at radius 3 is 2.65 bits per heavy atom. The van der Waals surface area contributed by atoms with Crippen molar-refractivity contribution in [2.24, 2.45) is 11.3 Å². The van der Waals surface area contributed by atoms with Gasteiger partial charge in [-0.25, -0.2) is 5.84 Å². The molecule has 0 unspecified atom stereocenters. The molecule has 1 aliphatic heterocycles. The molecule has 1 rings (SSSR count). The van der Waals surface area contributed by atoms with Crippen molar-refractivity contribution in [1.29, 1.82) is 0 Å². The van der Waals surface area contributed by atoms with E-state index in [0.29, 0.717) is 0 Å². The maximum absolute atomic E-state index is 11.7.